The van der Waals surface area contributed by atoms with Crippen LogP contribution in [0.5, 0.6) is 0 Å². The van der Waals surface area contributed by atoms with Crippen molar-refractivity contribution < 1.29 is 22.4 Å². The predicted molar refractivity (Wildman–Crippen MR) is 125 cm³/mol. The van der Waals surface area contributed by atoms with E-state index >= 15 is 0 Å². The third kappa shape index (κ3) is 5.56. The van der Waals surface area contributed by atoms with Crippen molar-refractivity contribution in [2.24, 2.45) is 0 Å². The molecular formula is C24H29FN4O4S. The smallest absolute Gasteiger partial charge is 0.317 e. The van der Waals surface area contributed by atoms with Gasteiger partial charge in [-0.3, -0.25) is 4.79 Å². The highest BCUT2D eigenvalue weighted by atomic mass is 32.2. The number of sulfonamides is 1. The van der Waals surface area contributed by atoms with Crippen molar-refractivity contribution in [3.63, 3.8) is 0 Å². The monoisotopic (exact) mass is 488 g/mol. The number of nitrogens with zero attached hydrogens (tertiary/aromatic N) is 3. The molecule has 182 valence electrons. The molecule has 1 N–H and O–H groups in total. The summed E-state index contributed by atoms with van der Waals surface area (Å²) in [6, 6.07) is 11.7. The molecule has 0 atom stereocenters. The Hall–Kier alpha value is -2.98. The lowest BCUT2D eigenvalue weighted by molar-refractivity contribution is 0.0792. The SMILES string of the molecule is O=C(NCc1cccc(C(=O)N2CCCC2)c1)N1CCCN(S(=O)(=O)c2ccc(F)cc2)CC1. The summed E-state index contributed by atoms with van der Waals surface area (Å²) >= 11 is 0. The lowest BCUT2D eigenvalue weighted by Gasteiger charge is -2.22. The molecule has 2 aromatic rings. The first-order valence-electron chi connectivity index (χ1n) is 11.5. The van der Waals surface area contributed by atoms with Gasteiger partial charge in [-0.25, -0.2) is 17.6 Å². The zero-order valence-electron chi connectivity index (χ0n) is 19.0. The highest BCUT2D eigenvalue weighted by Crippen LogP contribution is 2.19. The molecule has 10 heteroatoms. The molecule has 2 aliphatic heterocycles. The number of hydrogen-bond acceptors (Lipinski definition) is 4. The van der Waals surface area contributed by atoms with Crippen LogP contribution in [0, 0.1) is 5.82 Å². The Morgan fingerprint density at radius 2 is 1.56 bits per heavy atom. The molecule has 34 heavy (non-hydrogen) atoms. The van der Waals surface area contributed by atoms with E-state index in [4.69, 9.17) is 0 Å². The second kappa shape index (κ2) is 10.5. The van der Waals surface area contributed by atoms with Crippen LogP contribution >= 0.6 is 0 Å². The van der Waals surface area contributed by atoms with E-state index in [0.29, 0.717) is 18.5 Å². The Kier molecular flexibility index (Phi) is 7.47. The molecule has 2 aromatic carbocycles. The number of carbonyl (C=O) groups is 2. The van der Waals surface area contributed by atoms with Gasteiger partial charge in [-0.05, 0) is 61.2 Å². The summed E-state index contributed by atoms with van der Waals surface area (Å²) in [6.45, 7) is 2.95. The van der Waals surface area contributed by atoms with Crippen molar-refractivity contribution in [3.05, 3.63) is 65.5 Å². The second-order valence-electron chi connectivity index (χ2n) is 8.56. The van der Waals surface area contributed by atoms with Crippen LogP contribution in [0.3, 0.4) is 0 Å². The Morgan fingerprint density at radius 3 is 2.29 bits per heavy atom. The summed E-state index contributed by atoms with van der Waals surface area (Å²) < 4.78 is 40.3. The molecule has 0 bridgehead atoms. The fourth-order valence-electron chi connectivity index (χ4n) is 4.30. The first kappa shape index (κ1) is 24.2. The molecule has 2 saturated heterocycles. The van der Waals surface area contributed by atoms with Gasteiger partial charge in [0.2, 0.25) is 10.0 Å². The summed E-state index contributed by atoms with van der Waals surface area (Å²) in [7, 11) is -3.75. The largest absolute Gasteiger partial charge is 0.339 e. The average Bonchev–Trinajstić information content (AvgIpc) is 3.26. The van der Waals surface area contributed by atoms with Gasteiger partial charge in [0.05, 0.1) is 4.90 Å². The maximum atomic E-state index is 13.2. The fourth-order valence-corrected chi connectivity index (χ4v) is 5.77. The zero-order chi connectivity index (χ0) is 24.1. The fraction of sp³-hybridized carbons (Fsp3) is 0.417. The maximum absolute atomic E-state index is 13.2. The van der Waals surface area contributed by atoms with Crippen molar-refractivity contribution in [2.45, 2.75) is 30.7 Å². The van der Waals surface area contributed by atoms with E-state index in [2.05, 4.69) is 5.32 Å². The molecule has 0 radical (unpaired) electrons. The van der Waals surface area contributed by atoms with Crippen LogP contribution in [-0.2, 0) is 16.6 Å². The van der Waals surface area contributed by atoms with Crippen molar-refractivity contribution >= 4 is 22.0 Å². The first-order valence-corrected chi connectivity index (χ1v) is 13.0. The van der Waals surface area contributed by atoms with E-state index in [1.54, 1.807) is 17.0 Å². The normalized spacial score (nSPS) is 17.4. The summed E-state index contributed by atoms with van der Waals surface area (Å²) in [4.78, 5) is 28.8. The van der Waals surface area contributed by atoms with Gasteiger partial charge < -0.3 is 15.1 Å². The summed E-state index contributed by atoms with van der Waals surface area (Å²) in [5.41, 5.74) is 1.44. The number of halogens is 1. The lowest BCUT2D eigenvalue weighted by Crippen LogP contribution is -2.42. The van der Waals surface area contributed by atoms with Gasteiger partial charge in [-0.15, -0.1) is 0 Å². The van der Waals surface area contributed by atoms with Crippen molar-refractivity contribution in [3.8, 4) is 0 Å². The van der Waals surface area contributed by atoms with Gasteiger partial charge >= 0.3 is 6.03 Å². The summed E-state index contributed by atoms with van der Waals surface area (Å²) in [6.07, 6.45) is 2.55. The molecule has 0 spiro atoms. The third-order valence-electron chi connectivity index (χ3n) is 6.20. The number of urea groups is 1. The van der Waals surface area contributed by atoms with Crippen LogP contribution in [0.25, 0.3) is 0 Å². The van der Waals surface area contributed by atoms with Crippen LogP contribution in [0.15, 0.2) is 53.4 Å². The standard InChI is InChI=1S/C24H29FN4O4S/c25-21-7-9-22(10-8-21)34(32,33)29-14-4-13-28(15-16-29)24(31)26-18-19-5-3-6-20(17-19)23(30)27-11-1-2-12-27/h3,5-10,17H,1-2,4,11-16,18H2,(H,26,31). The number of benzene rings is 2. The molecule has 0 saturated carbocycles. The third-order valence-corrected chi connectivity index (χ3v) is 8.12. The molecule has 0 unspecified atom stereocenters. The minimum Gasteiger partial charge on any atom is -0.339 e. The molecule has 2 heterocycles. The van der Waals surface area contributed by atoms with E-state index in [9.17, 15) is 22.4 Å². The highest BCUT2D eigenvalue weighted by molar-refractivity contribution is 7.89. The second-order valence-corrected chi connectivity index (χ2v) is 10.5. The number of hydrogen-bond donors (Lipinski definition) is 1. The van der Waals surface area contributed by atoms with E-state index < -0.39 is 15.8 Å². The number of nitrogens with one attached hydrogen (secondary N) is 1. The van der Waals surface area contributed by atoms with E-state index in [1.807, 2.05) is 17.0 Å². The van der Waals surface area contributed by atoms with Gasteiger partial charge in [-0.2, -0.15) is 4.31 Å². The van der Waals surface area contributed by atoms with E-state index in [-0.39, 0.29) is 43.0 Å². The van der Waals surface area contributed by atoms with E-state index in [0.717, 1.165) is 43.6 Å². The van der Waals surface area contributed by atoms with Crippen LogP contribution in [0.1, 0.15) is 35.2 Å². The minimum atomic E-state index is -3.75. The quantitative estimate of drug-likeness (QED) is 0.701. The lowest BCUT2D eigenvalue weighted by atomic mass is 10.1. The van der Waals surface area contributed by atoms with Gasteiger partial charge in [0.1, 0.15) is 5.82 Å². The van der Waals surface area contributed by atoms with Crippen LogP contribution in [-0.4, -0.2) is 73.7 Å². The first-order chi connectivity index (χ1) is 16.3. The maximum Gasteiger partial charge on any atom is 0.317 e. The van der Waals surface area contributed by atoms with Gasteiger partial charge in [-0.1, -0.05) is 12.1 Å². The minimum absolute atomic E-state index is 0.0145. The Morgan fingerprint density at radius 1 is 0.853 bits per heavy atom. The van der Waals surface area contributed by atoms with Crippen molar-refractivity contribution in [2.75, 3.05) is 39.3 Å². The van der Waals surface area contributed by atoms with Gasteiger partial charge in [0.15, 0.2) is 0 Å². The van der Waals surface area contributed by atoms with Crippen molar-refractivity contribution in [1.29, 1.82) is 0 Å². The summed E-state index contributed by atoms with van der Waals surface area (Å²) in [5.74, 6) is -0.482. The van der Waals surface area contributed by atoms with Crippen molar-refractivity contribution in [1.82, 2.24) is 19.4 Å². The Labute approximate surface area is 199 Å². The molecular weight excluding hydrogens is 459 g/mol. The van der Waals surface area contributed by atoms with Gasteiger partial charge in [0.25, 0.3) is 5.91 Å². The van der Waals surface area contributed by atoms with Gasteiger partial charge in [0, 0.05) is 51.4 Å². The predicted octanol–water partition coefficient (Wildman–Crippen LogP) is 2.67. The number of likely N-dealkylation sites (tertiary alicyclic amines) is 1. The number of amides is 3. The number of rotatable bonds is 5. The molecule has 2 fully saturated rings. The zero-order valence-corrected chi connectivity index (χ0v) is 19.8. The summed E-state index contributed by atoms with van der Waals surface area (Å²) in [5, 5.41) is 2.88. The van der Waals surface area contributed by atoms with Crippen LogP contribution in [0.2, 0.25) is 0 Å². The molecule has 0 aliphatic carbocycles. The van der Waals surface area contributed by atoms with Crippen LogP contribution < -0.4 is 5.32 Å². The number of carbonyl (C=O) groups excluding carboxylic acids is 2. The topological polar surface area (TPSA) is 90.0 Å². The molecule has 3 amide bonds. The molecule has 4 rings (SSSR count). The molecule has 0 aromatic heterocycles. The molecule has 2 aliphatic rings. The molecule has 8 nitrogen and oxygen atoms in total. The van der Waals surface area contributed by atoms with Crippen LogP contribution in [0.4, 0.5) is 9.18 Å². The van der Waals surface area contributed by atoms with E-state index in [1.165, 1.54) is 16.4 Å². The Bertz CT molecular complexity index is 1130. The highest BCUT2D eigenvalue weighted by Gasteiger charge is 2.28. The Balaban J connectivity index is 1.32. The average molecular weight is 489 g/mol.